The van der Waals surface area contributed by atoms with E-state index in [2.05, 4.69) is 35.3 Å². The molecule has 0 saturated carbocycles. The summed E-state index contributed by atoms with van der Waals surface area (Å²) in [7, 11) is 0. The molecule has 1 N–H and O–H groups in total. The summed E-state index contributed by atoms with van der Waals surface area (Å²) in [4.78, 5) is 4.39. The van der Waals surface area contributed by atoms with E-state index in [4.69, 9.17) is 5.41 Å². The van der Waals surface area contributed by atoms with Gasteiger partial charge in [-0.1, -0.05) is 72.8 Å². The summed E-state index contributed by atoms with van der Waals surface area (Å²) >= 11 is 0. The van der Waals surface area contributed by atoms with E-state index in [1.807, 2.05) is 73.9 Å². The van der Waals surface area contributed by atoms with E-state index in [0.29, 0.717) is 5.71 Å². The van der Waals surface area contributed by atoms with E-state index in [9.17, 15) is 0 Å². The summed E-state index contributed by atoms with van der Waals surface area (Å²) in [6, 6.07) is 24.6. The van der Waals surface area contributed by atoms with Crippen LogP contribution in [-0.4, -0.2) is 10.7 Å². The highest BCUT2D eigenvalue weighted by atomic mass is 14.6. The van der Waals surface area contributed by atoms with Crippen molar-refractivity contribution in [2.45, 2.75) is 6.92 Å². The first-order valence-electron chi connectivity index (χ1n) is 8.98. The van der Waals surface area contributed by atoms with Crippen LogP contribution in [0.1, 0.15) is 16.7 Å². The normalized spacial score (nSPS) is 11.1. The molecule has 0 saturated heterocycles. The minimum atomic E-state index is 0.506. The fraction of sp³-hybridized carbons (Fsp3) is 0.0400. The molecule has 0 aliphatic heterocycles. The first-order chi connectivity index (χ1) is 13.2. The molecule has 3 aromatic carbocycles. The van der Waals surface area contributed by atoms with Crippen LogP contribution in [-0.2, 0) is 0 Å². The monoisotopic (exact) mass is 348 g/mol. The minimum absolute atomic E-state index is 0.506. The van der Waals surface area contributed by atoms with E-state index >= 15 is 0 Å². The van der Waals surface area contributed by atoms with Gasteiger partial charge in [-0.3, -0.25) is 4.98 Å². The van der Waals surface area contributed by atoms with Crippen LogP contribution in [0.2, 0.25) is 0 Å². The number of hydrogen-bond donors (Lipinski definition) is 1. The predicted octanol–water partition coefficient (Wildman–Crippen LogP) is 6.29. The number of benzene rings is 3. The number of pyridine rings is 1. The zero-order chi connectivity index (χ0) is 18.6. The summed E-state index contributed by atoms with van der Waals surface area (Å²) < 4.78 is 0. The lowest BCUT2D eigenvalue weighted by atomic mass is 9.95. The highest BCUT2D eigenvalue weighted by molar-refractivity contribution is 6.10. The molecule has 4 rings (SSSR count). The molecule has 2 nitrogen and oxygen atoms in total. The smallest absolute Gasteiger partial charge is 0.0615 e. The van der Waals surface area contributed by atoms with Crippen molar-refractivity contribution in [3.63, 3.8) is 0 Å². The third-order valence-corrected chi connectivity index (χ3v) is 4.75. The van der Waals surface area contributed by atoms with Gasteiger partial charge in [0.1, 0.15) is 0 Å². The van der Waals surface area contributed by atoms with Gasteiger partial charge in [0.05, 0.1) is 5.71 Å². The van der Waals surface area contributed by atoms with Gasteiger partial charge in [-0.15, -0.1) is 0 Å². The Morgan fingerprint density at radius 1 is 0.889 bits per heavy atom. The quantitative estimate of drug-likeness (QED) is 0.432. The van der Waals surface area contributed by atoms with Gasteiger partial charge in [-0.05, 0) is 41.1 Å². The molecule has 0 aliphatic carbocycles. The van der Waals surface area contributed by atoms with Crippen LogP contribution in [0.3, 0.4) is 0 Å². The molecule has 0 atom stereocenters. The van der Waals surface area contributed by atoms with Gasteiger partial charge in [0.15, 0.2) is 0 Å². The fourth-order valence-corrected chi connectivity index (χ4v) is 3.26. The van der Waals surface area contributed by atoms with Gasteiger partial charge < -0.3 is 5.41 Å². The second-order valence-corrected chi connectivity index (χ2v) is 6.60. The number of allylic oxidation sites excluding steroid dienone is 1. The molecule has 0 amide bonds. The second kappa shape index (κ2) is 7.38. The summed E-state index contributed by atoms with van der Waals surface area (Å²) in [5.74, 6) is 0. The number of nitrogens with one attached hydrogen (secondary N) is 1. The lowest BCUT2D eigenvalue weighted by Crippen LogP contribution is -1.99. The Labute approximate surface area is 159 Å². The van der Waals surface area contributed by atoms with Crippen LogP contribution in [0.25, 0.3) is 28.0 Å². The number of aryl methyl sites for hydroxylation is 1. The Hall–Kier alpha value is -3.52. The summed E-state index contributed by atoms with van der Waals surface area (Å²) in [6.45, 7) is 2.05. The van der Waals surface area contributed by atoms with E-state index in [1.165, 1.54) is 5.39 Å². The van der Waals surface area contributed by atoms with Crippen molar-refractivity contribution >= 4 is 22.6 Å². The number of hydrogen-bond acceptors (Lipinski definition) is 2. The molecule has 1 heterocycles. The van der Waals surface area contributed by atoms with Gasteiger partial charge in [0.25, 0.3) is 0 Å². The van der Waals surface area contributed by atoms with E-state index in [1.54, 1.807) is 0 Å². The third-order valence-electron chi connectivity index (χ3n) is 4.75. The van der Waals surface area contributed by atoms with Crippen molar-refractivity contribution in [1.29, 1.82) is 5.41 Å². The van der Waals surface area contributed by atoms with Crippen LogP contribution in [0, 0.1) is 12.3 Å². The highest BCUT2D eigenvalue weighted by Crippen LogP contribution is 2.29. The van der Waals surface area contributed by atoms with E-state index in [-0.39, 0.29) is 0 Å². The maximum Gasteiger partial charge on any atom is 0.0615 e. The molecule has 1 aromatic heterocycles. The number of nitrogens with zero attached hydrogens (tertiary/aromatic N) is 1. The Morgan fingerprint density at radius 2 is 1.67 bits per heavy atom. The molecule has 130 valence electrons. The second-order valence-electron chi connectivity index (χ2n) is 6.60. The summed E-state index contributed by atoms with van der Waals surface area (Å²) in [5.41, 5.74) is 5.80. The Morgan fingerprint density at radius 3 is 2.52 bits per heavy atom. The maximum absolute atomic E-state index is 8.54. The summed E-state index contributed by atoms with van der Waals surface area (Å²) in [6.07, 6.45) is 7.63. The van der Waals surface area contributed by atoms with Crippen LogP contribution in [0.4, 0.5) is 0 Å². The average Bonchev–Trinajstić information content (AvgIpc) is 2.73. The van der Waals surface area contributed by atoms with Gasteiger partial charge in [-0.25, -0.2) is 0 Å². The molecule has 0 radical (unpaired) electrons. The molecular weight excluding hydrogens is 328 g/mol. The topological polar surface area (TPSA) is 36.7 Å². The minimum Gasteiger partial charge on any atom is -0.300 e. The first kappa shape index (κ1) is 16.9. The molecule has 2 heteroatoms. The molecular formula is C25H20N2. The molecule has 0 aliphatic rings. The lowest BCUT2D eigenvalue weighted by molar-refractivity contribution is 1.35. The Kier molecular flexibility index (Phi) is 4.63. The zero-order valence-electron chi connectivity index (χ0n) is 15.2. The lowest BCUT2D eigenvalue weighted by Gasteiger charge is -2.10. The molecule has 0 unspecified atom stereocenters. The fourth-order valence-electron chi connectivity index (χ4n) is 3.26. The molecule has 0 bridgehead atoms. The number of fused-ring (bicyclic) bond motifs is 1. The van der Waals surface area contributed by atoms with Crippen LogP contribution < -0.4 is 0 Å². The summed E-state index contributed by atoms with van der Waals surface area (Å²) in [5, 5.41) is 10.8. The highest BCUT2D eigenvalue weighted by Gasteiger charge is 2.08. The van der Waals surface area contributed by atoms with E-state index in [0.717, 1.165) is 33.2 Å². The van der Waals surface area contributed by atoms with Gasteiger partial charge in [-0.2, -0.15) is 0 Å². The van der Waals surface area contributed by atoms with Crippen molar-refractivity contribution in [2.24, 2.45) is 0 Å². The Balaban J connectivity index is 1.73. The van der Waals surface area contributed by atoms with E-state index < -0.39 is 0 Å². The number of aromatic nitrogens is 1. The van der Waals surface area contributed by atoms with Crippen molar-refractivity contribution < 1.29 is 0 Å². The van der Waals surface area contributed by atoms with Gasteiger partial charge >= 0.3 is 0 Å². The predicted molar refractivity (Wildman–Crippen MR) is 114 cm³/mol. The van der Waals surface area contributed by atoms with Crippen LogP contribution in [0.5, 0.6) is 0 Å². The van der Waals surface area contributed by atoms with Crippen LogP contribution >= 0.6 is 0 Å². The largest absolute Gasteiger partial charge is 0.300 e. The maximum atomic E-state index is 8.54. The first-order valence-corrected chi connectivity index (χ1v) is 8.98. The zero-order valence-corrected chi connectivity index (χ0v) is 15.2. The molecule has 27 heavy (non-hydrogen) atoms. The van der Waals surface area contributed by atoms with Crippen molar-refractivity contribution in [1.82, 2.24) is 4.98 Å². The van der Waals surface area contributed by atoms with Crippen molar-refractivity contribution in [3.05, 3.63) is 108 Å². The molecule has 4 aromatic rings. The van der Waals surface area contributed by atoms with Gasteiger partial charge in [0.2, 0.25) is 0 Å². The SMILES string of the molecule is Cc1ccc(-c2cncc3ccccc23)cc1C(=N)/C=C/c1ccccc1. The van der Waals surface area contributed by atoms with Gasteiger partial charge in [0, 0.05) is 28.9 Å². The standard InChI is InChI=1S/C25H20N2/c1-18-11-13-20(24-17-27-16-21-9-5-6-10-22(21)24)15-23(18)25(26)14-12-19-7-3-2-4-8-19/h2-17,26H,1H3/b14-12+,26-25?. The molecule has 0 spiro atoms. The molecule has 0 fully saturated rings. The Bertz CT molecular complexity index is 1140. The van der Waals surface area contributed by atoms with Crippen molar-refractivity contribution in [3.8, 4) is 11.1 Å². The number of rotatable bonds is 4. The van der Waals surface area contributed by atoms with Crippen LogP contribution in [0.15, 0.2) is 91.3 Å². The third kappa shape index (κ3) is 3.56. The average molecular weight is 348 g/mol. The van der Waals surface area contributed by atoms with Crippen molar-refractivity contribution in [2.75, 3.05) is 0 Å².